The van der Waals surface area contributed by atoms with Gasteiger partial charge in [-0.15, -0.1) is 23.2 Å². The van der Waals surface area contributed by atoms with Crippen molar-refractivity contribution < 1.29 is 19.7 Å². The number of aliphatic hydroxyl groups is 2. The lowest BCUT2D eigenvalue weighted by molar-refractivity contribution is -0.139. The summed E-state index contributed by atoms with van der Waals surface area (Å²) in [6.45, 7) is 2.04. The van der Waals surface area contributed by atoms with Crippen molar-refractivity contribution in [3.8, 4) is 0 Å². The number of carbonyl (C=O) groups is 1. The average Bonchev–Trinajstić information content (AvgIpc) is 2.38. The summed E-state index contributed by atoms with van der Waals surface area (Å²) in [6, 6.07) is 0. The van der Waals surface area contributed by atoms with Gasteiger partial charge in [0.15, 0.2) is 0 Å². The highest BCUT2D eigenvalue weighted by Crippen LogP contribution is 2.35. The molecule has 0 amide bonds. The SMILES string of the molecule is CCCCCC(=O)C1C(O)C(Cl)C(OC)C(Cl)C1O. The Hall–Kier alpha value is 0.130. The molecule has 0 heterocycles. The first-order valence-corrected chi connectivity index (χ1v) is 7.52. The first kappa shape index (κ1) is 17.2. The van der Waals surface area contributed by atoms with Gasteiger partial charge in [-0.05, 0) is 6.42 Å². The van der Waals surface area contributed by atoms with Gasteiger partial charge in [-0.1, -0.05) is 19.8 Å². The van der Waals surface area contributed by atoms with Crippen LogP contribution in [0.5, 0.6) is 0 Å². The number of halogens is 2. The van der Waals surface area contributed by atoms with Gasteiger partial charge in [-0.2, -0.15) is 0 Å². The number of ether oxygens (including phenoxy) is 1. The zero-order valence-electron chi connectivity index (χ0n) is 11.3. The standard InChI is InChI=1S/C13H22Cl2O4/c1-3-4-5-6-7(16)8-11(17)9(14)13(19-2)10(15)12(8)18/h8-13,17-18H,3-6H2,1-2H3. The number of Topliss-reactive ketones (excluding diaryl/α,β-unsaturated/α-hetero) is 1. The van der Waals surface area contributed by atoms with Gasteiger partial charge in [-0.25, -0.2) is 0 Å². The molecule has 19 heavy (non-hydrogen) atoms. The number of alkyl halides is 2. The van der Waals surface area contributed by atoms with Gasteiger partial charge >= 0.3 is 0 Å². The third-order valence-corrected chi connectivity index (χ3v) is 4.70. The van der Waals surface area contributed by atoms with Crippen molar-refractivity contribution in [1.29, 1.82) is 0 Å². The largest absolute Gasteiger partial charge is 0.391 e. The lowest BCUT2D eigenvalue weighted by atomic mass is 9.78. The van der Waals surface area contributed by atoms with Gasteiger partial charge in [0.05, 0.1) is 35.0 Å². The Kier molecular flexibility index (Phi) is 7.05. The summed E-state index contributed by atoms with van der Waals surface area (Å²) >= 11 is 12.1. The molecule has 6 heteroatoms. The van der Waals surface area contributed by atoms with Crippen LogP contribution in [0.25, 0.3) is 0 Å². The van der Waals surface area contributed by atoms with Gasteiger partial charge in [-0.3, -0.25) is 4.79 Å². The van der Waals surface area contributed by atoms with Crippen LogP contribution < -0.4 is 0 Å². The fraction of sp³-hybridized carbons (Fsp3) is 0.923. The molecule has 1 aliphatic rings. The molecule has 1 fully saturated rings. The third kappa shape index (κ3) is 3.82. The Labute approximate surface area is 124 Å². The van der Waals surface area contributed by atoms with Gasteiger partial charge in [0.25, 0.3) is 0 Å². The summed E-state index contributed by atoms with van der Waals surface area (Å²) in [5, 5.41) is 18.6. The lowest BCUT2D eigenvalue weighted by Gasteiger charge is -2.42. The third-order valence-electron chi connectivity index (χ3n) is 3.69. The molecule has 0 aromatic rings. The Bertz CT molecular complexity index is 284. The van der Waals surface area contributed by atoms with Crippen LogP contribution in [0.1, 0.15) is 32.6 Å². The van der Waals surface area contributed by atoms with Crippen molar-refractivity contribution >= 4 is 29.0 Å². The second kappa shape index (κ2) is 7.79. The van der Waals surface area contributed by atoms with E-state index >= 15 is 0 Å². The van der Waals surface area contributed by atoms with E-state index in [1.165, 1.54) is 7.11 Å². The minimum Gasteiger partial charge on any atom is -0.391 e. The molecular weight excluding hydrogens is 291 g/mol. The molecular formula is C13H22Cl2O4. The molecule has 0 radical (unpaired) electrons. The fourth-order valence-electron chi connectivity index (χ4n) is 2.52. The topological polar surface area (TPSA) is 66.8 Å². The number of rotatable bonds is 6. The number of carbonyl (C=O) groups excluding carboxylic acids is 1. The maximum atomic E-state index is 12.1. The zero-order valence-corrected chi connectivity index (χ0v) is 12.8. The van der Waals surface area contributed by atoms with Gasteiger partial charge in [0.2, 0.25) is 0 Å². The van der Waals surface area contributed by atoms with E-state index in [2.05, 4.69) is 0 Å². The maximum absolute atomic E-state index is 12.1. The normalized spacial score (nSPS) is 39.3. The monoisotopic (exact) mass is 312 g/mol. The van der Waals surface area contributed by atoms with E-state index < -0.39 is 35.0 Å². The molecule has 0 aromatic heterocycles. The van der Waals surface area contributed by atoms with E-state index in [1.54, 1.807) is 0 Å². The van der Waals surface area contributed by atoms with E-state index in [9.17, 15) is 15.0 Å². The second-order valence-corrected chi connectivity index (χ2v) is 6.03. The van der Waals surface area contributed by atoms with Crippen LogP contribution in [-0.2, 0) is 9.53 Å². The summed E-state index contributed by atoms with van der Waals surface area (Å²) in [7, 11) is 1.41. The zero-order chi connectivity index (χ0) is 14.6. The molecule has 4 atom stereocenters. The maximum Gasteiger partial charge on any atom is 0.141 e. The van der Waals surface area contributed by atoms with Crippen LogP contribution in [0.4, 0.5) is 0 Å². The summed E-state index contributed by atoms with van der Waals surface area (Å²) in [6.07, 6.45) is 0.0889. The number of methoxy groups -OCH3 is 1. The Balaban J connectivity index is 2.74. The highest BCUT2D eigenvalue weighted by atomic mass is 35.5. The van der Waals surface area contributed by atoms with Gasteiger partial charge < -0.3 is 14.9 Å². The molecule has 1 saturated carbocycles. The Morgan fingerprint density at radius 1 is 1.16 bits per heavy atom. The Morgan fingerprint density at radius 3 is 2.11 bits per heavy atom. The summed E-state index contributed by atoms with van der Waals surface area (Å²) in [5.41, 5.74) is 0. The van der Waals surface area contributed by atoms with E-state index in [4.69, 9.17) is 27.9 Å². The molecule has 1 rings (SSSR count). The highest BCUT2D eigenvalue weighted by Gasteiger charge is 2.51. The molecule has 0 aromatic carbocycles. The minimum absolute atomic E-state index is 0.181. The summed E-state index contributed by atoms with van der Waals surface area (Å²) < 4.78 is 5.09. The fourth-order valence-corrected chi connectivity index (χ4v) is 3.43. The van der Waals surface area contributed by atoms with Crippen LogP contribution in [0, 0.1) is 5.92 Å². The van der Waals surface area contributed by atoms with Crippen molar-refractivity contribution in [2.45, 2.75) is 61.7 Å². The molecule has 2 N–H and O–H groups in total. The number of aliphatic hydroxyl groups excluding tert-OH is 2. The molecule has 0 aliphatic heterocycles. The van der Waals surface area contributed by atoms with Gasteiger partial charge in [0.1, 0.15) is 5.78 Å². The quantitative estimate of drug-likeness (QED) is 0.579. The summed E-state index contributed by atoms with van der Waals surface area (Å²) in [4.78, 5) is 12.1. The molecule has 1 aliphatic carbocycles. The number of hydrogen-bond donors (Lipinski definition) is 2. The second-order valence-electron chi connectivity index (χ2n) is 5.02. The summed E-state index contributed by atoms with van der Waals surface area (Å²) in [5.74, 6) is -1.10. The first-order valence-electron chi connectivity index (χ1n) is 6.65. The van der Waals surface area contributed by atoms with E-state index in [0.29, 0.717) is 6.42 Å². The van der Waals surface area contributed by atoms with Crippen molar-refractivity contribution in [3.05, 3.63) is 0 Å². The van der Waals surface area contributed by atoms with Crippen LogP contribution in [0.2, 0.25) is 0 Å². The smallest absolute Gasteiger partial charge is 0.141 e. The molecule has 0 bridgehead atoms. The van der Waals surface area contributed by atoms with E-state index in [1.807, 2.05) is 6.92 Å². The molecule has 0 spiro atoms. The van der Waals surface area contributed by atoms with Crippen LogP contribution >= 0.6 is 23.2 Å². The Morgan fingerprint density at radius 2 is 1.68 bits per heavy atom. The van der Waals surface area contributed by atoms with Crippen LogP contribution in [0.15, 0.2) is 0 Å². The average molecular weight is 313 g/mol. The van der Waals surface area contributed by atoms with E-state index in [-0.39, 0.29) is 5.78 Å². The highest BCUT2D eigenvalue weighted by molar-refractivity contribution is 6.25. The molecule has 112 valence electrons. The first-order chi connectivity index (χ1) is 8.95. The predicted octanol–water partition coefficient (Wildman–Crippen LogP) is 1.72. The van der Waals surface area contributed by atoms with Crippen molar-refractivity contribution in [3.63, 3.8) is 0 Å². The lowest BCUT2D eigenvalue weighted by Crippen LogP contribution is -2.59. The number of unbranched alkanes of at least 4 members (excludes halogenated alkanes) is 2. The molecule has 4 nitrogen and oxygen atoms in total. The molecule has 0 saturated heterocycles. The van der Waals surface area contributed by atoms with E-state index in [0.717, 1.165) is 19.3 Å². The van der Waals surface area contributed by atoms with Crippen molar-refractivity contribution in [1.82, 2.24) is 0 Å². The van der Waals surface area contributed by atoms with Crippen molar-refractivity contribution in [2.75, 3.05) is 7.11 Å². The van der Waals surface area contributed by atoms with Gasteiger partial charge in [0, 0.05) is 13.5 Å². The minimum atomic E-state index is -1.13. The van der Waals surface area contributed by atoms with Crippen LogP contribution in [0.3, 0.4) is 0 Å². The predicted molar refractivity (Wildman–Crippen MR) is 74.7 cm³/mol. The van der Waals surface area contributed by atoms with Crippen molar-refractivity contribution in [2.24, 2.45) is 5.92 Å². The molecule has 4 unspecified atom stereocenters. The number of hydrogen-bond acceptors (Lipinski definition) is 4. The van der Waals surface area contributed by atoms with Crippen LogP contribution in [-0.4, -0.2) is 52.2 Å². The number of ketones is 1.